The lowest BCUT2D eigenvalue weighted by molar-refractivity contribution is -0.118. The minimum atomic E-state index is -0.341. The van der Waals surface area contributed by atoms with Gasteiger partial charge < -0.3 is 14.5 Å². The topological polar surface area (TPSA) is 71.8 Å². The summed E-state index contributed by atoms with van der Waals surface area (Å²) in [5.41, 5.74) is 3.07. The van der Waals surface area contributed by atoms with Crippen LogP contribution in [0.15, 0.2) is 76.1 Å². The standard InChI is InChI=1S/C23H22N2O4/c26-21-12-20(14-25-11-10-17-6-4-5-7-18(17)13-25)28-15-22(21)29-16-23(27)24-19-8-2-1-3-9-19/h1-9,12,15H,10-11,13-14,16H2,(H,24,27). The first-order valence-electron chi connectivity index (χ1n) is 9.56. The number of benzene rings is 2. The van der Waals surface area contributed by atoms with Crippen LogP contribution in [-0.2, 0) is 24.3 Å². The molecule has 0 aliphatic carbocycles. The first-order valence-corrected chi connectivity index (χ1v) is 9.56. The van der Waals surface area contributed by atoms with E-state index in [1.165, 1.54) is 23.5 Å². The van der Waals surface area contributed by atoms with Gasteiger partial charge in [0.15, 0.2) is 6.61 Å². The number of ether oxygens (including phenoxy) is 1. The van der Waals surface area contributed by atoms with Crippen LogP contribution in [0, 0.1) is 0 Å². The maximum absolute atomic E-state index is 12.3. The maximum Gasteiger partial charge on any atom is 0.262 e. The Balaban J connectivity index is 1.32. The first kappa shape index (κ1) is 19.0. The minimum Gasteiger partial charge on any atom is -0.477 e. The van der Waals surface area contributed by atoms with Crippen molar-refractivity contribution >= 4 is 11.6 Å². The van der Waals surface area contributed by atoms with Crippen LogP contribution >= 0.6 is 0 Å². The van der Waals surface area contributed by atoms with Gasteiger partial charge in [-0.15, -0.1) is 0 Å². The molecule has 4 rings (SSSR count). The average Bonchev–Trinajstić information content (AvgIpc) is 2.74. The molecule has 3 aromatic rings. The predicted octanol–water partition coefficient (Wildman–Crippen LogP) is 3.22. The highest BCUT2D eigenvalue weighted by molar-refractivity contribution is 5.91. The second-order valence-electron chi connectivity index (χ2n) is 7.01. The van der Waals surface area contributed by atoms with Crippen LogP contribution in [0.1, 0.15) is 16.9 Å². The van der Waals surface area contributed by atoms with Crippen molar-refractivity contribution in [3.63, 3.8) is 0 Å². The number of rotatable bonds is 6. The van der Waals surface area contributed by atoms with E-state index in [0.717, 1.165) is 19.5 Å². The molecule has 0 saturated carbocycles. The minimum absolute atomic E-state index is 0.0287. The summed E-state index contributed by atoms with van der Waals surface area (Å²) in [5.74, 6) is 0.267. The number of carbonyl (C=O) groups is 1. The Bertz CT molecular complexity index is 1050. The third-order valence-electron chi connectivity index (χ3n) is 4.86. The summed E-state index contributed by atoms with van der Waals surface area (Å²) in [7, 11) is 0. The Hall–Kier alpha value is -3.38. The molecule has 0 fully saturated rings. The summed E-state index contributed by atoms with van der Waals surface area (Å²) < 4.78 is 10.9. The monoisotopic (exact) mass is 390 g/mol. The van der Waals surface area contributed by atoms with E-state index in [0.29, 0.717) is 18.0 Å². The van der Waals surface area contributed by atoms with E-state index in [1.807, 2.05) is 24.3 Å². The van der Waals surface area contributed by atoms with E-state index < -0.39 is 0 Å². The van der Waals surface area contributed by atoms with Crippen molar-refractivity contribution in [3.05, 3.63) is 94.0 Å². The number of nitrogens with one attached hydrogen (secondary N) is 1. The molecule has 6 nitrogen and oxygen atoms in total. The summed E-state index contributed by atoms with van der Waals surface area (Å²) in [6, 6.07) is 18.9. The molecule has 1 aliphatic rings. The number of hydrogen-bond donors (Lipinski definition) is 1. The molecule has 0 unspecified atom stereocenters. The lowest BCUT2D eigenvalue weighted by atomic mass is 10.00. The molecular weight excluding hydrogens is 368 g/mol. The van der Waals surface area contributed by atoms with Crippen molar-refractivity contribution in [2.75, 3.05) is 18.5 Å². The fraction of sp³-hybridized carbons (Fsp3) is 0.217. The van der Waals surface area contributed by atoms with Gasteiger partial charge in [-0.3, -0.25) is 14.5 Å². The smallest absolute Gasteiger partial charge is 0.262 e. The predicted molar refractivity (Wildman–Crippen MR) is 110 cm³/mol. The van der Waals surface area contributed by atoms with Gasteiger partial charge in [0.1, 0.15) is 12.0 Å². The number of carbonyl (C=O) groups excluding carboxylic acids is 1. The fourth-order valence-corrected chi connectivity index (χ4v) is 3.40. The van der Waals surface area contributed by atoms with Gasteiger partial charge in [-0.2, -0.15) is 0 Å². The third-order valence-corrected chi connectivity index (χ3v) is 4.86. The summed E-state index contributed by atoms with van der Waals surface area (Å²) in [6.07, 6.45) is 2.27. The molecule has 1 N–H and O–H groups in total. The normalized spacial score (nSPS) is 13.5. The van der Waals surface area contributed by atoms with Crippen molar-refractivity contribution in [1.82, 2.24) is 4.90 Å². The Morgan fingerprint density at radius 2 is 1.83 bits per heavy atom. The quantitative estimate of drug-likeness (QED) is 0.700. The number of nitrogens with zero attached hydrogens (tertiary/aromatic N) is 1. The molecule has 1 aliphatic heterocycles. The molecular formula is C23H22N2O4. The molecule has 2 aromatic carbocycles. The second-order valence-corrected chi connectivity index (χ2v) is 7.01. The molecule has 0 radical (unpaired) electrons. The lowest BCUT2D eigenvalue weighted by Crippen LogP contribution is -2.30. The SMILES string of the molecule is O=C(COc1coc(CN2CCc3ccccc3C2)cc1=O)Nc1ccccc1. The molecule has 2 heterocycles. The van der Waals surface area contributed by atoms with E-state index in [9.17, 15) is 9.59 Å². The zero-order valence-electron chi connectivity index (χ0n) is 16.0. The summed E-state index contributed by atoms with van der Waals surface area (Å²) in [6.45, 7) is 2.04. The number of para-hydroxylation sites is 1. The molecule has 148 valence electrons. The van der Waals surface area contributed by atoms with Gasteiger partial charge >= 0.3 is 0 Å². The maximum atomic E-state index is 12.3. The van der Waals surface area contributed by atoms with Crippen LogP contribution in [-0.4, -0.2) is 24.0 Å². The van der Waals surface area contributed by atoms with Gasteiger partial charge in [-0.05, 0) is 29.7 Å². The van der Waals surface area contributed by atoms with Crippen LogP contribution in [0.2, 0.25) is 0 Å². The highest BCUT2D eigenvalue weighted by Crippen LogP contribution is 2.20. The molecule has 1 aromatic heterocycles. The van der Waals surface area contributed by atoms with Gasteiger partial charge in [0.05, 0.1) is 6.54 Å². The molecule has 29 heavy (non-hydrogen) atoms. The van der Waals surface area contributed by atoms with E-state index in [1.54, 1.807) is 12.1 Å². The van der Waals surface area contributed by atoms with Crippen molar-refractivity contribution in [2.45, 2.75) is 19.5 Å². The summed E-state index contributed by atoms with van der Waals surface area (Å²) in [4.78, 5) is 26.5. The van der Waals surface area contributed by atoms with Crippen LogP contribution in [0.3, 0.4) is 0 Å². The van der Waals surface area contributed by atoms with Crippen LogP contribution in [0.4, 0.5) is 5.69 Å². The third kappa shape index (κ3) is 4.92. The number of amides is 1. The van der Waals surface area contributed by atoms with Gasteiger partial charge in [-0.1, -0.05) is 42.5 Å². The van der Waals surface area contributed by atoms with Crippen molar-refractivity contribution < 1.29 is 13.9 Å². The molecule has 0 spiro atoms. The summed E-state index contributed by atoms with van der Waals surface area (Å²) >= 11 is 0. The fourth-order valence-electron chi connectivity index (χ4n) is 3.40. The molecule has 0 bridgehead atoms. The molecule has 6 heteroatoms. The number of anilines is 1. The van der Waals surface area contributed by atoms with Crippen molar-refractivity contribution in [2.24, 2.45) is 0 Å². The Labute approximate surface area is 168 Å². The van der Waals surface area contributed by atoms with Crippen LogP contribution < -0.4 is 15.5 Å². The van der Waals surface area contributed by atoms with Crippen molar-refractivity contribution in [3.8, 4) is 5.75 Å². The van der Waals surface area contributed by atoms with Gasteiger partial charge in [0.2, 0.25) is 11.2 Å². The molecule has 0 saturated heterocycles. The van der Waals surface area contributed by atoms with Crippen molar-refractivity contribution in [1.29, 1.82) is 0 Å². The average molecular weight is 390 g/mol. The van der Waals surface area contributed by atoms with Crippen LogP contribution in [0.5, 0.6) is 5.75 Å². The van der Waals surface area contributed by atoms with E-state index in [4.69, 9.17) is 9.15 Å². The van der Waals surface area contributed by atoms with Gasteiger partial charge in [-0.25, -0.2) is 0 Å². The number of hydrogen-bond acceptors (Lipinski definition) is 5. The highest BCUT2D eigenvalue weighted by Gasteiger charge is 2.17. The zero-order chi connectivity index (χ0) is 20.1. The first-order chi connectivity index (χ1) is 14.2. The van der Waals surface area contributed by atoms with E-state index in [2.05, 4.69) is 28.4 Å². The zero-order valence-corrected chi connectivity index (χ0v) is 16.0. The van der Waals surface area contributed by atoms with Crippen LogP contribution in [0.25, 0.3) is 0 Å². The van der Waals surface area contributed by atoms with E-state index >= 15 is 0 Å². The Kier molecular flexibility index (Phi) is 5.72. The Morgan fingerprint density at radius 1 is 1.07 bits per heavy atom. The second kappa shape index (κ2) is 8.75. The van der Waals surface area contributed by atoms with Gasteiger partial charge in [0, 0.05) is 24.8 Å². The summed E-state index contributed by atoms with van der Waals surface area (Å²) in [5, 5.41) is 2.70. The molecule has 1 amide bonds. The lowest BCUT2D eigenvalue weighted by Gasteiger charge is -2.28. The largest absolute Gasteiger partial charge is 0.477 e. The Morgan fingerprint density at radius 3 is 2.62 bits per heavy atom. The highest BCUT2D eigenvalue weighted by atomic mass is 16.5. The molecule has 0 atom stereocenters. The number of fused-ring (bicyclic) bond motifs is 1. The van der Waals surface area contributed by atoms with E-state index in [-0.39, 0.29) is 23.7 Å². The van der Waals surface area contributed by atoms with Gasteiger partial charge in [0.25, 0.3) is 5.91 Å².